The lowest BCUT2D eigenvalue weighted by atomic mass is 10.1. The predicted octanol–water partition coefficient (Wildman–Crippen LogP) is 2.82. The van der Waals surface area contributed by atoms with Crippen LogP contribution in [0.3, 0.4) is 0 Å². The molecule has 2 aromatic carbocycles. The number of aliphatic hydroxyl groups is 1. The summed E-state index contributed by atoms with van der Waals surface area (Å²) in [5.41, 5.74) is 1.56. The number of aliphatic hydroxyl groups excluding tert-OH is 1. The number of hydrogen-bond donors (Lipinski definition) is 1. The van der Waals surface area contributed by atoms with Crippen molar-refractivity contribution < 1.29 is 9.52 Å². The molecule has 0 radical (unpaired) electrons. The van der Waals surface area contributed by atoms with Crippen molar-refractivity contribution in [1.82, 2.24) is 10.2 Å². The van der Waals surface area contributed by atoms with Crippen LogP contribution in [0.5, 0.6) is 0 Å². The van der Waals surface area contributed by atoms with E-state index >= 15 is 0 Å². The average molecular weight is 252 g/mol. The molecule has 1 aromatic heterocycles. The van der Waals surface area contributed by atoms with Gasteiger partial charge in [0.1, 0.15) is 0 Å². The molecule has 4 heteroatoms. The molecule has 1 N–H and O–H groups in total. The van der Waals surface area contributed by atoms with Gasteiger partial charge in [-0.15, -0.1) is 10.2 Å². The van der Waals surface area contributed by atoms with Gasteiger partial charge in [-0.05, 0) is 17.7 Å². The summed E-state index contributed by atoms with van der Waals surface area (Å²) in [6, 6.07) is 18.7. The molecule has 0 saturated carbocycles. The summed E-state index contributed by atoms with van der Waals surface area (Å²) >= 11 is 0. The zero-order valence-corrected chi connectivity index (χ0v) is 10.1. The molecule has 0 bridgehead atoms. The van der Waals surface area contributed by atoms with Crippen LogP contribution in [0.1, 0.15) is 17.6 Å². The van der Waals surface area contributed by atoms with Gasteiger partial charge in [-0.1, -0.05) is 48.5 Å². The highest BCUT2D eigenvalue weighted by Gasteiger charge is 2.18. The average Bonchev–Trinajstić information content (AvgIpc) is 2.98. The van der Waals surface area contributed by atoms with E-state index in [1.54, 1.807) is 0 Å². The predicted molar refractivity (Wildman–Crippen MR) is 70.2 cm³/mol. The van der Waals surface area contributed by atoms with E-state index in [-0.39, 0.29) is 5.89 Å². The fourth-order valence-corrected chi connectivity index (χ4v) is 1.82. The summed E-state index contributed by atoms with van der Waals surface area (Å²) in [5, 5.41) is 18.0. The molecular formula is C15H12N2O2. The first-order valence-electron chi connectivity index (χ1n) is 5.96. The molecule has 0 saturated heterocycles. The van der Waals surface area contributed by atoms with Gasteiger partial charge < -0.3 is 9.52 Å². The van der Waals surface area contributed by atoms with Crippen molar-refractivity contribution in [3.63, 3.8) is 0 Å². The Balaban J connectivity index is 1.90. The molecular weight excluding hydrogens is 240 g/mol. The maximum atomic E-state index is 10.2. The normalized spacial score (nSPS) is 12.3. The lowest BCUT2D eigenvalue weighted by Gasteiger charge is -2.05. The fraction of sp³-hybridized carbons (Fsp3) is 0.0667. The van der Waals surface area contributed by atoms with Crippen LogP contribution in [0.2, 0.25) is 0 Å². The molecule has 94 valence electrons. The number of aromatic nitrogens is 2. The maximum absolute atomic E-state index is 10.2. The van der Waals surface area contributed by atoms with Crippen molar-refractivity contribution in [2.45, 2.75) is 6.10 Å². The highest BCUT2D eigenvalue weighted by molar-refractivity contribution is 5.51. The second-order valence-electron chi connectivity index (χ2n) is 4.12. The van der Waals surface area contributed by atoms with E-state index in [1.165, 1.54) is 0 Å². The Morgan fingerprint density at radius 1 is 0.842 bits per heavy atom. The van der Waals surface area contributed by atoms with Gasteiger partial charge in [-0.2, -0.15) is 0 Å². The molecule has 3 rings (SSSR count). The Hall–Kier alpha value is -2.46. The minimum atomic E-state index is -0.897. The van der Waals surface area contributed by atoms with Gasteiger partial charge in [-0.3, -0.25) is 0 Å². The van der Waals surface area contributed by atoms with E-state index in [2.05, 4.69) is 10.2 Å². The Bertz CT molecular complexity index is 650. The van der Waals surface area contributed by atoms with E-state index in [0.29, 0.717) is 5.89 Å². The van der Waals surface area contributed by atoms with Crippen LogP contribution in [0.15, 0.2) is 65.1 Å². The molecule has 0 amide bonds. The van der Waals surface area contributed by atoms with Crippen LogP contribution in [-0.2, 0) is 0 Å². The monoisotopic (exact) mass is 252 g/mol. The Morgan fingerprint density at radius 3 is 2.16 bits per heavy atom. The largest absolute Gasteiger partial charge is 0.417 e. The minimum Gasteiger partial charge on any atom is -0.417 e. The SMILES string of the molecule is OC(c1ccccc1)c1nnc(-c2ccccc2)o1. The first-order valence-corrected chi connectivity index (χ1v) is 5.96. The molecule has 0 spiro atoms. The van der Waals surface area contributed by atoms with Crippen LogP contribution in [0.4, 0.5) is 0 Å². The van der Waals surface area contributed by atoms with Gasteiger partial charge in [-0.25, -0.2) is 0 Å². The number of nitrogens with zero attached hydrogens (tertiary/aromatic N) is 2. The second-order valence-corrected chi connectivity index (χ2v) is 4.12. The third-order valence-electron chi connectivity index (χ3n) is 2.81. The highest BCUT2D eigenvalue weighted by Crippen LogP contribution is 2.24. The molecule has 0 fully saturated rings. The molecule has 3 aromatic rings. The van der Waals surface area contributed by atoms with Crippen molar-refractivity contribution in [3.8, 4) is 11.5 Å². The zero-order valence-electron chi connectivity index (χ0n) is 10.1. The topological polar surface area (TPSA) is 59.2 Å². The molecule has 19 heavy (non-hydrogen) atoms. The van der Waals surface area contributed by atoms with Crippen LogP contribution < -0.4 is 0 Å². The van der Waals surface area contributed by atoms with Crippen molar-refractivity contribution in [2.75, 3.05) is 0 Å². The summed E-state index contributed by atoms with van der Waals surface area (Å²) in [6.07, 6.45) is -0.897. The molecule has 1 atom stereocenters. The van der Waals surface area contributed by atoms with Crippen molar-refractivity contribution in [1.29, 1.82) is 0 Å². The van der Waals surface area contributed by atoms with E-state index in [0.717, 1.165) is 11.1 Å². The maximum Gasteiger partial charge on any atom is 0.249 e. The third-order valence-corrected chi connectivity index (χ3v) is 2.81. The van der Waals surface area contributed by atoms with E-state index in [9.17, 15) is 5.11 Å². The van der Waals surface area contributed by atoms with E-state index < -0.39 is 6.10 Å². The fourth-order valence-electron chi connectivity index (χ4n) is 1.82. The van der Waals surface area contributed by atoms with Gasteiger partial charge in [0, 0.05) is 5.56 Å². The first kappa shape index (κ1) is 11.6. The first-order chi connectivity index (χ1) is 9.34. The quantitative estimate of drug-likeness (QED) is 0.778. The third kappa shape index (κ3) is 2.39. The second kappa shape index (κ2) is 5.04. The molecule has 0 aliphatic carbocycles. The van der Waals surface area contributed by atoms with E-state index in [1.807, 2.05) is 60.7 Å². The summed E-state index contributed by atoms with van der Waals surface area (Å²) in [4.78, 5) is 0. The van der Waals surface area contributed by atoms with Crippen molar-refractivity contribution in [3.05, 3.63) is 72.1 Å². The standard InChI is InChI=1S/C15H12N2O2/c18-13(11-7-3-1-4-8-11)15-17-16-14(19-15)12-9-5-2-6-10-12/h1-10,13,18H. The van der Waals surface area contributed by atoms with E-state index in [4.69, 9.17) is 4.42 Å². The Kier molecular flexibility index (Phi) is 3.08. The minimum absolute atomic E-state index is 0.199. The lowest BCUT2D eigenvalue weighted by molar-refractivity contribution is 0.183. The Labute approximate surface area is 110 Å². The van der Waals surface area contributed by atoms with Crippen molar-refractivity contribution in [2.24, 2.45) is 0 Å². The molecule has 1 unspecified atom stereocenters. The molecule has 0 aliphatic rings. The van der Waals surface area contributed by atoms with Gasteiger partial charge in [0.25, 0.3) is 0 Å². The summed E-state index contributed by atoms with van der Waals surface area (Å²) in [5.74, 6) is 0.607. The van der Waals surface area contributed by atoms with Crippen LogP contribution in [0.25, 0.3) is 11.5 Å². The van der Waals surface area contributed by atoms with Crippen LogP contribution >= 0.6 is 0 Å². The van der Waals surface area contributed by atoms with Gasteiger partial charge >= 0.3 is 0 Å². The Morgan fingerprint density at radius 2 is 1.47 bits per heavy atom. The number of benzene rings is 2. The zero-order chi connectivity index (χ0) is 13.1. The van der Waals surface area contributed by atoms with Crippen LogP contribution in [-0.4, -0.2) is 15.3 Å². The summed E-state index contributed by atoms with van der Waals surface area (Å²) in [6.45, 7) is 0. The number of hydrogen-bond acceptors (Lipinski definition) is 4. The van der Waals surface area contributed by atoms with Gasteiger partial charge in [0.05, 0.1) is 0 Å². The molecule has 1 heterocycles. The summed E-state index contributed by atoms with van der Waals surface area (Å²) < 4.78 is 5.51. The molecule has 0 aliphatic heterocycles. The summed E-state index contributed by atoms with van der Waals surface area (Å²) in [7, 11) is 0. The molecule has 4 nitrogen and oxygen atoms in total. The smallest absolute Gasteiger partial charge is 0.249 e. The van der Waals surface area contributed by atoms with Crippen LogP contribution in [0, 0.1) is 0 Å². The van der Waals surface area contributed by atoms with Crippen molar-refractivity contribution >= 4 is 0 Å². The van der Waals surface area contributed by atoms with Gasteiger partial charge in [0.2, 0.25) is 11.8 Å². The lowest BCUT2D eigenvalue weighted by Crippen LogP contribution is -1.99. The number of rotatable bonds is 3. The van der Waals surface area contributed by atoms with Gasteiger partial charge in [0.15, 0.2) is 6.10 Å². The highest BCUT2D eigenvalue weighted by atomic mass is 16.4.